The van der Waals surface area contributed by atoms with Crippen LogP contribution in [-0.4, -0.2) is 18.5 Å². The molecule has 1 fully saturated rings. The third kappa shape index (κ3) is 2.51. The summed E-state index contributed by atoms with van der Waals surface area (Å²) in [7, 11) is 0. The van der Waals surface area contributed by atoms with E-state index in [1.54, 1.807) is 0 Å². The summed E-state index contributed by atoms with van der Waals surface area (Å²) in [5.41, 5.74) is 6.67. The van der Waals surface area contributed by atoms with Crippen molar-refractivity contribution in [3.8, 4) is 0 Å². The van der Waals surface area contributed by atoms with E-state index in [1.165, 1.54) is 36.0 Å². The molecule has 3 nitrogen and oxygen atoms in total. The molecule has 3 rings (SSSR count). The van der Waals surface area contributed by atoms with Gasteiger partial charge in [0.05, 0.1) is 4.88 Å². The predicted octanol–water partition coefficient (Wildman–Crippen LogP) is 2.68. The first-order chi connectivity index (χ1) is 9.25. The molecular weight excluding hydrogens is 256 g/mol. The highest BCUT2D eigenvalue weighted by atomic mass is 32.1. The lowest BCUT2D eigenvalue weighted by Gasteiger charge is -2.23. The van der Waals surface area contributed by atoms with Gasteiger partial charge in [-0.15, -0.1) is 11.3 Å². The summed E-state index contributed by atoms with van der Waals surface area (Å²) < 4.78 is 1.15. The van der Waals surface area contributed by atoms with Gasteiger partial charge in [-0.25, -0.2) is 0 Å². The van der Waals surface area contributed by atoms with Crippen LogP contribution in [0.2, 0.25) is 0 Å². The van der Waals surface area contributed by atoms with Gasteiger partial charge in [0.1, 0.15) is 0 Å². The van der Waals surface area contributed by atoms with Crippen LogP contribution in [0.3, 0.4) is 0 Å². The molecule has 2 aromatic rings. The maximum atomic E-state index is 11.6. The van der Waals surface area contributed by atoms with Crippen LogP contribution < -0.4 is 11.1 Å². The molecule has 0 unspecified atom stereocenters. The number of benzene rings is 1. The Labute approximate surface area is 116 Å². The van der Waals surface area contributed by atoms with Gasteiger partial charge < -0.3 is 11.1 Å². The molecular formula is C15H18N2OS. The third-order valence-corrected chi connectivity index (χ3v) is 5.01. The van der Waals surface area contributed by atoms with Crippen LogP contribution in [0.15, 0.2) is 24.3 Å². The van der Waals surface area contributed by atoms with Crippen LogP contribution in [0.25, 0.3) is 10.1 Å². The second kappa shape index (κ2) is 5.31. The highest BCUT2D eigenvalue weighted by molar-refractivity contribution is 7.21. The molecule has 1 amide bonds. The largest absolute Gasteiger partial charge is 0.365 e. The molecule has 1 atom stereocenters. The number of fused-ring (bicyclic) bond motifs is 1. The molecule has 0 saturated carbocycles. The average molecular weight is 274 g/mol. The highest BCUT2D eigenvalue weighted by Gasteiger charge is 2.20. The quantitative estimate of drug-likeness (QED) is 0.904. The van der Waals surface area contributed by atoms with Gasteiger partial charge in [0.25, 0.3) is 5.91 Å². The fourth-order valence-electron chi connectivity index (χ4n) is 2.85. The van der Waals surface area contributed by atoms with Crippen molar-refractivity contribution in [3.05, 3.63) is 34.7 Å². The van der Waals surface area contributed by atoms with Crippen molar-refractivity contribution in [1.29, 1.82) is 0 Å². The van der Waals surface area contributed by atoms with Crippen molar-refractivity contribution in [3.63, 3.8) is 0 Å². The van der Waals surface area contributed by atoms with Crippen LogP contribution in [0.1, 0.15) is 34.5 Å². The van der Waals surface area contributed by atoms with E-state index in [1.807, 2.05) is 12.1 Å². The van der Waals surface area contributed by atoms with E-state index in [0.717, 1.165) is 28.1 Å². The number of piperidine rings is 1. The van der Waals surface area contributed by atoms with E-state index in [4.69, 9.17) is 5.73 Å². The fourth-order valence-corrected chi connectivity index (χ4v) is 3.93. The Balaban J connectivity index is 1.99. The molecule has 1 aliphatic rings. The Bertz CT molecular complexity index is 599. The van der Waals surface area contributed by atoms with Gasteiger partial charge in [-0.05, 0) is 42.8 Å². The van der Waals surface area contributed by atoms with E-state index in [0.29, 0.717) is 6.04 Å². The first-order valence-electron chi connectivity index (χ1n) is 6.79. The van der Waals surface area contributed by atoms with E-state index < -0.39 is 0 Å². The molecule has 2 heterocycles. The maximum Gasteiger partial charge on any atom is 0.259 e. The summed E-state index contributed by atoms with van der Waals surface area (Å²) in [6.45, 7) is 1.08. The highest BCUT2D eigenvalue weighted by Crippen LogP contribution is 2.32. The van der Waals surface area contributed by atoms with Gasteiger partial charge in [0.15, 0.2) is 0 Å². The summed E-state index contributed by atoms with van der Waals surface area (Å²) in [4.78, 5) is 12.4. The fraction of sp³-hybridized carbons (Fsp3) is 0.400. The van der Waals surface area contributed by atoms with Crippen LogP contribution in [0.5, 0.6) is 0 Å². The Kier molecular flexibility index (Phi) is 3.53. The number of nitrogens with two attached hydrogens (primary N) is 1. The van der Waals surface area contributed by atoms with Crippen molar-refractivity contribution in [2.45, 2.75) is 31.7 Å². The number of nitrogens with one attached hydrogen (secondary N) is 1. The first-order valence-corrected chi connectivity index (χ1v) is 7.61. The van der Waals surface area contributed by atoms with Gasteiger partial charge in [0.2, 0.25) is 0 Å². The number of hydrogen-bond donors (Lipinski definition) is 2. The Morgan fingerprint density at radius 2 is 2.21 bits per heavy atom. The Morgan fingerprint density at radius 1 is 1.37 bits per heavy atom. The van der Waals surface area contributed by atoms with Crippen LogP contribution in [0.4, 0.5) is 0 Å². The van der Waals surface area contributed by atoms with E-state index in [-0.39, 0.29) is 5.91 Å². The van der Waals surface area contributed by atoms with E-state index in [2.05, 4.69) is 17.4 Å². The van der Waals surface area contributed by atoms with E-state index in [9.17, 15) is 4.79 Å². The molecule has 100 valence electrons. The number of amides is 1. The predicted molar refractivity (Wildman–Crippen MR) is 79.7 cm³/mol. The molecule has 0 radical (unpaired) electrons. The molecule has 1 aromatic carbocycles. The normalized spacial score (nSPS) is 19.7. The molecule has 4 heteroatoms. The SMILES string of the molecule is NC(=O)c1sc2ccccc2c1C[C@@H]1CCCCN1. The van der Waals surface area contributed by atoms with Crippen LogP contribution in [-0.2, 0) is 6.42 Å². The van der Waals surface area contributed by atoms with Crippen LogP contribution in [0, 0.1) is 0 Å². The van der Waals surface area contributed by atoms with Gasteiger partial charge in [-0.3, -0.25) is 4.79 Å². The standard InChI is InChI=1S/C15H18N2OS/c16-15(18)14-12(9-10-5-3-4-8-17-10)11-6-1-2-7-13(11)19-14/h1-2,6-7,10,17H,3-5,8-9H2,(H2,16,18)/t10-/m0/s1. The Hall–Kier alpha value is -1.39. The lowest BCUT2D eigenvalue weighted by Crippen LogP contribution is -2.35. The third-order valence-electron chi connectivity index (χ3n) is 3.78. The van der Waals surface area contributed by atoms with Crippen molar-refractivity contribution in [1.82, 2.24) is 5.32 Å². The molecule has 1 saturated heterocycles. The van der Waals surface area contributed by atoms with Gasteiger partial charge in [0, 0.05) is 10.7 Å². The van der Waals surface area contributed by atoms with Gasteiger partial charge in [-0.1, -0.05) is 24.6 Å². The number of thiophene rings is 1. The molecule has 1 aromatic heterocycles. The van der Waals surface area contributed by atoms with E-state index >= 15 is 0 Å². The molecule has 3 N–H and O–H groups in total. The topological polar surface area (TPSA) is 55.1 Å². The van der Waals surface area contributed by atoms with Crippen molar-refractivity contribution in [2.75, 3.05) is 6.54 Å². The minimum Gasteiger partial charge on any atom is -0.365 e. The lowest BCUT2D eigenvalue weighted by molar-refractivity contribution is 0.100. The van der Waals surface area contributed by atoms with Crippen molar-refractivity contribution < 1.29 is 4.79 Å². The second-order valence-corrected chi connectivity index (χ2v) is 6.17. The number of primary amides is 1. The Morgan fingerprint density at radius 3 is 2.95 bits per heavy atom. The van der Waals surface area contributed by atoms with Gasteiger partial charge in [-0.2, -0.15) is 0 Å². The number of hydrogen-bond acceptors (Lipinski definition) is 3. The summed E-state index contributed by atoms with van der Waals surface area (Å²) in [6, 6.07) is 8.66. The smallest absolute Gasteiger partial charge is 0.259 e. The zero-order valence-corrected chi connectivity index (χ0v) is 11.6. The molecule has 19 heavy (non-hydrogen) atoms. The maximum absolute atomic E-state index is 11.6. The number of carbonyl (C=O) groups is 1. The molecule has 0 aliphatic carbocycles. The lowest BCUT2D eigenvalue weighted by atomic mass is 9.96. The number of rotatable bonds is 3. The molecule has 0 spiro atoms. The summed E-state index contributed by atoms with van der Waals surface area (Å²) >= 11 is 1.52. The molecule has 0 bridgehead atoms. The van der Waals surface area contributed by atoms with Crippen LogP contribution >= 0.6 is 11.3 Å². The average Bonchev–Trinajstić information content (AvgIpc) is 2.79. The minimum atomic E-state index is -0.299. The minimum absolute atomic E-state index is 0.299. The second-order valence-electron chi connectivity index (χ2n) is 5.12. The van der Waals surface area contributed by atoms with Gasteiger partial charge >= 0.3 is 0 Å². The number of carbonyl (C=O) groups excluding carboxylic acids is 1. The van der Waals surface area contributed by atoms with Crippen molar-refractivity contribution >= 4 is 27.3 Å². The molecule has 1 aliphatic heterocycles. The summed E-state index contributed by atoms with van der Waals surface area (Å²) in [5, 5.41) is 4.73. The zero-order chi connectivity index (χ0) is 13.2. The zero-order valence-electron chi connectivity index (χ0n) is 10.8. The van der Waals surface area contributed by atoms with Crippen molar-refractivity contribution in [2.24, 2.45) is 5.73 Å². The first kappa shape index (κ1) is 12.6. The summed E-state index contributed by atoms with van der Waals surface area (Å²) in [6.07, 6.45) is 4.61. The summed E-state index contributed by atoms with van der Waals surface area (Å²) in [5.74, 6) is -0.299. The monoisotopic (exact) mass is 274 g/mol.